The molecule has 60 valence electrons. The van der Waals surface area contributed by atoms with Crippen molar-refractivity contribution in [1.82, 2.24) is 0 Å². The highest BCUT2D eigenvalue weighted by Gasteiger charge is 2.33. The Hall–Kier alpha value is -0.610. The van der Waals surface area contributed by atoms with E-state index in [9.17, 15) is 4.79 Å². The molecule has 0 aromatic carbocycles. The number of carboxylic acids is 1. The van der Waals surface area contributed by atoms with Gasteiger partial charge in [0.15, 0.2) is 6.10 Å². The van der Waals surface area contributed by atoms with Crippen LogP contribution in [-0.4, -0.2) is 33.0 Å². The summed E-state index contributed by atoms with van der Waals surface area (Å²) >= 11 is 0. The van der Waals surface area contributed by atoms with Crippen LogP contribution in [0, 0.1) is 0 Å². The molecule has 0 aliphatic rings. The van der Waals surface area contributed by atoms with Crippen molar-refractivity contribution in [2.75, 3.05) is 0 Å². The second kappa shape index (κ2) is 2.98. The lowest BCUT2D eigenvalue weighted by atomic mass is 9.96. The summed E-state index contributed by atoms with van der Waals surface area (Å²) in [5.74, 6) is -1.40. The van der Waals surface area contributed by atoms with Gasteiger partial charge in [-0.2, -0.15) is 0 Å². The smallest absolute Gasteiger partial charge is 0.335 e. The topological polar surface area (TPSA) is 77.8 Å². The van der Waals surface area contributed by atoms with Gasteiger partial charge in [-0.25, -0.2) is 4.79 Å². The molecular formula is C6H12O4. The third kappa shape index (κ3) is 1.97. The molecule has 0 saturated carbocycles. The highest BCUT2D eigenvalue weighted by atomic mass is 16.4. The molecule has 10 heavy (non-hydrogen) atoms. The summed E-state index contributed by atoms with van der Waals surface area (Å²) in [5.41, 5.74) is -1.52. The Labute approximate surface area is 59.1 Å². The van der Waals surface area contributed by atoms with Gasteiger partial charge in [-0.3, -0.25) is 0 Å². The van der Waals surface area contributed by atoms with E-state index in [1.807, 2.05) is 0 Å². The van der Waals surface area contributed by atoms with Crippen molar-refractivity contribution in [1.29, 1.82) is 0 Å². The van der Waals surface area contributed by atoms with Gasteiger partial charge in [0.05, 0.1) is 5.60 Å². The fraction of sp³-hybridized carbons (Fsp3) is 0.833. The van der Waals surface area contributed by atoms with Crippen LogP contribution in [0.15, 0.2) is 0 Å². The molecule has 0 fully saturated rings. The van der Waals surface area contributed by atoms with Gasteiger partial charge >= 0.3 is 5.97 Å². The number of hydrogen-bond donors (Lipinski definition) is 3. The molecule has 0 heterocycles. The molecular weight excluding hydrogens is 136 g/mol. The second-order valence-electron chi connectivity index (χ2n) is 2.45. The van der Waals surface area contributed by atoms with E-state index < -0.39 is 17.7 Å². The maximum Gasteiger partial charge on any atom is 0.335 e. The van der Waals surface area contributed by atoms with Gasteiger partial charge in [-0.15, -0.1) is 0 Å². The van der Waals surface area contributed by atoms with Crippen molar-refractivity contribution in [2.45, 2.75) is 32.0 Å². The number of aliphatic hydroxyl groups excluding tert-OH is 1. The van der Waals surface area contributed by atoms with Gasteiger partial charge in [0.2, 0.25) is 0 Å². The van der Waals surface area contributed by atoms with Gasteiger partial charge in [-0.05, 0) is 13.3 Å². The number of carbonyl (C=O) groups is 1. The molecule has 0 amide bonds. The van der Waals surface area contributed by atoms with Crippen LogP contribution < -0.4 is 0 Å². The number of aliphatic hydroxyl groups is 2. The van der Waals surface area contributed by atoms with Crippen molar-refractivity contribution in [3.63, 3.8) is 0 Å². The minimum Gasteiger partial charge on any atom is -0.479 e. The summed E-state index contributed by atoms with van der Waals surface area (Å²) in [7, 11) is 0. The average Bonchev–Trinajstić information content (AvgIpc) is 1.86. The first-order valence-corrected chi connectivity index (χ1v) is 3.05. The molecule has 0 aliphatic heterocycles. The third-order valence-corrected chi connectivity index (χ3v) is 1.54. The molecule has 0 rings (SSSR count). The van der Waals surface area contributed by atoms with E-state index in [1.165, 1.54) is 6.92 Å². The third-order valence-electron chi connectivity index (χ3n) is 1.54. The van der Waals surface area contributed by atoms with Crippen molar-refractivity contribution >= 4 is 5.97 Å². The minimum atomic E-state index is -1.70. The van der Waals surface area contributed by atoms with Crippen molar-refractivity contribution in [3.8, 4) is 0 Å². The van der Waals surface area contributed by atoms with Crippen molar-refractivity contribution < 1.29 is 20.1 Å². The van der Waals surface area contributed by atoms with Crippen LogP contribution in [0.3, 0.4) is 0 Å². The Morgan fingerprint density at radius 3 is 2.20 bits per heavy atom. The minimum absolute atomic E-state index is 0.209. The van der Waals surface area contributed by atoms with Gasteiger partial charge in [-0.1, -0.05) is 6.92 Å². The largest absolute Gasteiger partial charge is 0.479 e. The molecule has 0 unspecified atom stereocenters. The van der Waals surface area contributed by atoms with Gasteiger partial charge in [0, 0.05) is 0 Å². The van der Waals surface area contributed by atoms with Crippen LogP contribution in [0.4, 0.5) is 0 Å². The summed E-state index contributed by atoms with van der Waals surface area (Å²) in [4.78, 5) is 10.1. The first-order valence-electron chi connectivity index (χ1n) is 3.05. The second-order valence-corrected chi connectivity index (χ2v) is 2.45. The van der Waals surface area contributed by atoms with E-state index in [2.05, 4.69) is 0 Å². The van der Waals surface area contributed by atoms with Crippen LogP contribution in [0.25, 0.3) is 0 Å². The van der Waals surface area contributed by atoms with Crippen LogP contribution in [-0.2, 0) is 4.79 Å². The van der Waals surface area contributed by atoms with Crippen LogP contribution in [0.1, 0.15) is 20.3 Å². The normalized spacial score (nSPS) is 19.6. The summed E-state index contributed by atoms with van der Waals surface area (Å²) in [5, 5.41) is 26.2. The van der Waals surface area contributed by atoms with E-state index >= 15 is 0 Å². The molecule has 4 nitrogen and oxygen atoms in total. The highest BCUT2D eigenvalue weighted by Crippen LogP contribution is 2.13. The molecule has 2 atom stereocenters. The van der Waals surface area contributed by atoms with E-state index in [0.717, 1.165) is 0 Å². The number of hydrogen-bond acceptors (Lipinski definition) is 3. The maximum absolute atomic E-state index is 10.1. The highest BCUT2D eigenvalue weighted by molar-refractivity contribution is 5.73. The first-order chi connectivity index (χ1) is 4.41. The molecule has 0 aliphatic carbocycles. The first kappa shape index (κ1) is 9.39. The molecule has 0 saturated heterocycles. The average molecular weight is 148 g/mol. The fourth-order valence-electron chi connectivity index (χ4n) is 0.459. The van der Waals surface area contributed by atoms with E-state index in [-0.39, 0.29) is 6.42 Å². The van der Waals surface area contributed by atoms with Crippen molar-refractivity contribution in [3.05, 3.63) is 0 Å². The molecule has 0 radical (unpaired) electrons. The Morgan fingerprint density at radius 1 is 1.70 bits per heavy atom. The number of rotatable bonds is 3. The summed E-state index contributed by atoms with van der Waals surface area (Å²) in [6, 6.07) is 0. The zero-order valence-electron chi connectivity index (χ0n) is 6.03. The number of carboxylic acid groups (broad SMARTS) is 1. The lowest BCUT2D eigenvalue weighted by Gasteiger charge is -2.23. The monoisotopic (exact) mass is 148 g/mol. The number of aliphatic carboxylic acids is 1. The Kier molecular flexibility index (Phi) is 2.80. The predicted octanol–water partition coefficient (Wildman–Crippen LogP) is -0.407. The van der Waals surface area contributed by atoms with E-state index in [4.69, 9.17) is 15.3 Å². The molecule has 0 bridgehead atoms. The van der Waals surface area contributed by atoms with Crippen LogP contribution >= 0.6 is 0 Å². The molecule has 3 N–H and O–H groups in total. The zero-order chi connectivity index (χ0) is 8.36. The predicted molar refractivity (Wildman–Crippen MR) is 34.6 cm³/mol. The van der Waals surface area contributed by atoms with Crippen molar-refractivity contribution in [2.24, 2.45) is 0 Å². The summed E-state index contributed by atoms with van der Waals surface area (Å²) in [6.45, 7) is 2.89. The van der Waals surface area contributed by atoms with Gasteiger partial charge < -0.3 is 15.3 Å². The Bertz CT molecular complexity index is 130. The summed E-state index contributed by atoms with van der Waals surface area (Å²) in [6.07, 6.45) is -1.49. The van der Waals surface area contributed by atoms with E-state index in [1.54, 1.807) is 6.92 Å². The molecule has 4 heteroatoms. The molecule has 0 spiro atoms. The molecule has 0 aromatic rings. The SMILES string of the molecule is CC[C@@](C)(O)[C@H](O)C(=O)O. The lowest BCUT2D eigenvalue weighted by Crippen LogP contribution is -2.43. The zero-order valence-corrected chi connectivity index (χ0v) is 6.03. The Morgan fingerprint density at radius 2 is 2.10 bits per heavy atom. The van der Waals surface area contributed by atoms with Gasteiger partial charge in [0.25, 0.3) is 0 Å². The Balaban J connectivity index is 4.17. The lowest BCUT2D eigenvalue weighted by molar-refractivity contribution is -0.161. The quantitative estimate of drug-likeness (QED) is 0.508. The molecule has 0 aromatic heterocycles. The summed E-state index contributed by atoms with van der Waals surface area (Å²) < 4.78 is 0. The fourth-order valence-corrected chi connectivity index (χ4v) is 0.459. The van der Waals surface area contributed by atoms with Crippen LogP contribution in [0.5, 0.6) is 0 Å². The van der Waals surface area contributed by atoms with Crippen LogP contribution in [0.2, 0.25) is 0 Å². The standard InChI is InChI=1S/C6H12O4/c1-3-6(2,10)4(7)5(8)9/h4,7,10H,3H2,1-2H3,(H,8,9)/t4-,6-/m1/s1. The van der Waals surface area contributed by atoms with Gasteiger partial charge in [0.1, 0.15) is 0 Å². The maximum atomic E-state index is 10.1. The van der Waals surface area contributed by atoms with E-state index in [0.29, 0.717) is 0 Å².